The van der Waals surface area contributed by atoms with E-state index in [0.717, 1.165) is 5.56 Å². The molecule has 0 aromatic carbocycles. The van der Waals surface area contributed by atoms with Crippen molar-refractivity contribution in [3.63, 3.8) is 0 Å². The third-order valence-corrected chi connectivity index (χ3v) is 2.93. The van der Waals surface area contributed by atoms with E-state index >= 15 is 0 Å². The summed E-state index contributed by atoms with van der Waals surface area (Å²) in [6.45, 7) is 4.67. The quantitative estimate of drug-likeness (QED) is 0.813. The summed E-state index contributed by atoms with van der Waals surface area (Å²) in [6.07, 6.45) is 5.35. The molecule has 1 aliphatic heterocycles. The minimum Gasteiger partial charge on any atom is -0.472 e. The molecule has 1 saturated heterocycles. The summed E-state index contributed by atoms with van der Waals surface area (Å²) in [5.41, 5.74) is 0.178. The minimum absolute atomic E-state index is 0.225. The van der Waals surface area contributed by atoms with E-state index in [0.29, 0.717) is 25.9 Å². The third-order valence-electron chi connectivity index (χ3n) is 2.93. The van der Waals surface area contributed by atoms with E-state index in [1.54, 1.807) is 12.5 Å². The minimum atomic E-state index is -0.647. The molecular formula is C12H18O3. The van der Waals surface area contributed by atoms with E-state index in [9.17, 15) is 5.11 Å². The van der Waals surface area contributed by atoms with Gasteiger partial charge in [0.1, 0.15) is 0 Å². The van der Waals surface area contributed by atoms with Crippen molar-refractivity contribution in [3.05, 3.63) is 24.2 Å². The molecule has 0 bridgehead atoms. The van der Waals surface area contributed by atoms with Gasteiger partial charge in [-0.05, 0) is 31.9 Å². The second-order valence-corrected chi connectivity index (χ2v) is 5.07. The second kappa shape index (κ2) is 3.65. The summed E-state index contributed by atoms with van der Waals surface area (Å²) < 4.78 is 10.6. The van der Waals surface area contributed by atoms with Crippen LogP contribution in [0.1, 0.15) is 32.3 Å². The van der Waals surface area contributed by atoms with Crippen molar-refractivity contribution in [1.82, 2.24) is 0 Å². The normalized spacial score (nSPS) is 30.3. The average molecular weight is 210 g/mol. The lowest BCUT2D eigenvalue weighted by Gasteiger charge is -2.41. The Kier molecular flexibility index (Phi) is 2.61. The van der Waals surface area contributed by atoms with Crippen molar-refractivity contribution in [2.24, 2.45) is 0 Å². The summed E-state index contributed by atoms with van der Waals surface area (Å²) in [6, 6.07) is 1.90. The molecule has 2 rings (SSSR count). The highest BCUT2D eigenvalue weighted by Gasteiger charge is 2.39. The van der Waals surface area contributed by atoms with Gasteiger partial charge in [-0.2, -0.15) is 0 Å². The Bertz CT molecular complexity index is 316. The summed E-state index contributed by atoms with van der Waals surface area (Å²) >= 11 is 0. The van der Waals surface area contributed by atoms with Crippen LogP contribution in [0.25, 0.3) is 0 Å². The highest BCUT2D eigenvalue weighted by Crippen LogP contribution is 2.34. The number of ether oxygens (including phenoxy) is 1. The van der Waals surface area contributed by atoms with Crippen molar-refractivity contribution in [2.75, 3.05) is 6.61 Å². The molecule has 0 radical (unpaired) electrons. The maximum absolute atomic E-state index is 10.5. The van der Waals surface area contributed by atoms with E-state index in [2.05, 4.69) is 0 Å². The van der Waals surface area contributed by atoms with Gasteiger partial charge in [-0.3, -0.25) is 0 Å². The van der Waals surface area contributed by atoms with Gasteiger partial charge < -0.3 is 14.3 Å². The molecule has 1 aromatic heterocycles. The molecule has 0 saturated carbocycles. The Morgan fingerprint density at radius 3 is 2.87 bits per heavy atom. The van der Waals surface area contributed by atoms with Crippen molar-refractivity contribution in [1.29, 1.82) is 0 Å². The third kappa shape index (κ3) is 2.61. The molecule has 1 atom stereocenters. The monoisotopic (exact) mass is 210 g/mol. The summed E-state index contributed by atoms with van der Waals surface area (Å²) in [7, 11) is 0. The predicted octanol–water partition coefficient (Wildman–Crippen LogP) is 2.14. The van der Waals surface area contributed by atoms with E-state index in [4.69, 9.17) is 9.15 Å². The molecular weight excluding hydrogens is 192 g/mol. The second-order valence-electron chi connectivity index (χ2n) is 5.07. The molecule has 3 nitrogen and oxygen atoms in total. The average Bonchev–Trinajstić information content (AvgIpc) is 2.52. The van der Waals surface area contributed by atoms with Gasteiger partial charge in [-0.25, -0.2) is 0 Å². The molecule has 0 aliphatic carbocycles. The highest BCUT2D eigenvalue weighted by molar-refractivity contribution is 5.10. The van der Waals surface area contributed by atoms with Gasteiger partial charge in [-0.15, -0.1) is 0 Å². The Hall–Kier alpha value is -0.800. The largest absolute Gasteiger partial charge is 0.472 e. The number of hydrogen-bond donors (Lipinski definition) is 1. The lowest BCUT2D eigenvalue weighted by atomic mass is 9.81. The molecule has 3 heteroatoms. The first kappa shape index (κ1) is 10.7. The van der Waals surface area contributed by atoms with Crippen LogP contribution in [0.15, 0.2) is 23.0 Å². The topological polar surface area (TPSA) is 42.6 Å². The summed E-state index contributed by atoms with van der Waals surface area (Å²) in [5, 5.41) is 10.5. The fourth-order valence-corrected chi connectivity index (χ4v) is 2.37. The maximum atomic E-state index is 10.5. The lowest BCUT2D eigenvalue weighted by molar-refractivity contribution is -0.143. The Labute approximate surface area is 90.0 Å². The van der Waals surface area contributed by atoms with Gasteiger partial charge in [-0.1, -0.05) is 0 Å². The van der Waals surface area contributed by atoms with Gasteiger partial charge in [0.05, 0.1) is 30.3 Å². The van der Waals surface area contributed by atoms with Gasteiger partial charge >= 0.3 is 0 Å². The van der Waals surface area contributed by atoms with E-state index in [1.165, 1.54) is 0 Å². The molecule has 1 aliphatic rings. The Morgan fingerprint density at radius 2 is 2.27 bits per heavy atom. The highest BCUT2D eigenvalue weighted by atomic mass is 16.5. The smallest absolute Gasteiger partial charge is 0.0935 e. The van der Waals surface area contributed by atoms with E-state index < -0.39 is 5.60 Å². The number of rotatable bonds is 2. The van der Waals surface area contributed by atoms with Crippen LogP contribution in [0.5, 0.6) is 0 Å². The van der Waals surface area contributed by atoms with Crippen molar-refractivity contribution in [2.45, 2.75) is 44.3 Å². The van der Waals surface area contributed by atoms with E-state index in [1.807, 2.05) is 19.9 Å². The first-order valence-electron chi connectivity index (χ1n) is 5.37. The fourth-order valence-electron chi connectivity index (χ4n) is 2.37. The van der Waals surface area contributed by atoms with Crippen LogP contribution in [0.3, 0.4) is 0 Å². The number of hydrogen-bond acceptors (Lipinski definition) is 3. The van der Waals surface area contributed by atoms with Gasteiger partial charge in [0.25, 0.3) is 0 Å². The van der Waals surface area contributed by atoms with Crippen LogP contribution in [0, 0.1) is 0 Å². The lowest BCUT2D eigenvalue weighted by Crippen LogP contribution is -2.47. The first-order chi connectivity index (χ1) is 6.99. The van der Waals surface area contributed by atoms with Crippen LogP contribution in [-0.2, 0) is 11.2 Å². The Morgan fingerprint density at radius 1 is 1.47 bits per heavy atom. The SMILES string of the molecule is CC1(C)CC(O)(Cc2ccoc2)CCO1. The van der Waals surface area contributed by atoms with Crippen molar-refractivity contribution >= 4 is 0 Å². The zero-order chi connectivity index (χ0) is 10.9. The Balaban J connectivity index is 2.06. The molecule has 1 N–H and O–H groups in total. The van der Waals surface area contributed by atoms with Crippen molar-refractivity contribution in [3.8, 4) is 0 Å². The van der Waals surface area contributed by atoms with Gasteiger partial charge in [0.15, 0.2) is 0 Å². The van der Waals surface area contributed by atoms with Crippen LogP contribution < -0.4 is 0 Å². The maximum Gasteiger partial charge on any atom is 0.0935 e. The van der Waals surface area contributed by atoms with Crippen LogP contribution in [-0.4, -0.2) is 22.9 Å². The molecule has 1 aromatic rings. The zero-order valence-corrected chi connectivity index (χ0v) is 9.32. The molecule has 84 valence electrons. The molecule has 2 heterocycles. The van der Waals surface area contributed by atoms with Crippen LogP contribution >= 0.6 is 0 Å². The molecule has 1 unspecified atom stereocenters. The van der Waals surface area contributed by atoms with E-state index in [-0.39, 0.29) is 5.60 Å². The van der Waals surface area contributed by atoms with Gasteiger partial charge in [0.2, 0.25) is 0 Å². The van der Waals surface area contributed by atoms with Gasteiger partial charge in [0, 0.05) is 12.8 Å². The number of aliphatic hydroxyl groups is 1. The predicted molar refractivity (Wildman–Crippen MR) is 56.6 cm³/mol. The number of furan rings is 1. The van der Waals surface area contributed by atoms with Crippen LogP contribution in [0.2, 0.25) is 0 Å². The summed E-state index contributed by atoms with van der Waals surface area (Å²) in [5.74, 6) is 0. The van der Waals surface area contributed by atoms with Crippen molar-refractivity contribution < 1.29 is 14.3 Å². The first-order valence-corrected chi connectivity index (χ1v) is 5.37. The summed E-state index contributed by atoms with van der Waals surface area (Å²) in [4.78, 5) is 0. The molecule has 15 heavy (non-hydrogen) atoms. The fraction of sp³-hybridized carbons (Fsp3) is 0.667. The van der Waals surface area contributed by atoms with Crippen LogP contribution in [0.4, 0.5) is 0 Å². The molecule has 1 fully saturated rings. The standard InChI is InChI=1S/C12H18O3/c1-11(2)9-12(13,4-6-15-11)7-10-3-5-14-8-10/h3,5,8,13H,4,6-7,9H2,1-2H3. The molecule has 0 spiro atoms. The zero-order valence-electron chi connectivity index (χ0n) is 9.32. The molecule has 0 amide bonds.